The van der Waals surface area contributed by atoms with Crippen molar-refractivity contribution < 1.29 is 4.74 Å². The zero-order valence-electron chi connectivity index (χ0n) is 7.81. The van der Waals surface area contributed by atoms with Crippen LogP contribution < -0.4 is 16.2 Å². The van der Waals surface area contributed by atoms with Gasteiger partial charge in [0.2, 0.25) is 0 Å². The molecule has 4 heteroatoms. The zero-order chi connectivity index (χ0) is 9.97. The summed E-state index contributed by atoms with van der Waals surface area (Å²) in [5.41, 5.74) is 11.8. The Bertz CT molecular complexity index is 358. The number of fused-ring (bicyclic) bond motifs is 1. The smallest absolute Gasteiger partial charge is 0.186 e. The largest absolute Gasteiger partial charge is 0.493 e. The Hall–Kier alpha value is -1.71. The van der Waals surface area contributed by atoms with Crippen LogP contribution >= 0.6 is 0 Å². The lowest BCUT2D eigenvalue weighted by Crippen LogP contribution is -2.25. The van der Waals surface area contributed by atoms with Crippen molar-refractivity contribution >= 4 is 5.96 Å². The number of para-hydroxylation sites is 1. The monoisotopic (exact) mass is 191 g/mol. The van der Waals surface area contributed by atoms with Crippen molar-refractivity contribution in [2.24, 2.45) is 16.5 Å². The van der Waals surface area contributed by atoms with Gasteiger partial charge in [0, 0.05) is 12.0 Å². The molecule has 0 fully saturated rings. The van der Waals surface area contributed by atoms with E-state index in [-0.39, 0.29) is 12.0 Å². The number of hydrogen-bond acceptors (Lipinski definition) is 2. The van der Waals surface area contributed by atoms with Crippen LogP contribution in [-0.2, 0) is 0 Å². The third kappa shape index (κ3) is 1.64. The fourth-order valence-electron chi connectivity index (χ4n) is 1.64. The molecule has 1 aliphatic heterocycles. The molecule has 0 bridgehead atoms. The number of benzene rings is 1. The maximum absolute atomic E-state index is 5.48. The average molecular weight is 191 g/mol. The van der Waals surface area contributed by atoms with Gasteiger partial charge in [-0.15, -0.1) is 0 Å². The van der Waals surface area contributed by atoms with Crippen molar-refractivity contribution in [3.63, 3.8) is 0 Å². The summed E-state index contributed by atoms with van der Waals surface area (Å²) in [5, 5.41) is 0. The highest BCUT2D eigenvalue weighted by atomic mass is 16.5. The summed E-state index contributed by atoms with van der Waals surface area (Å²) in [6, 6.07) is 7.87. The highest BCUT2D eigenvalue weighted by Crippen LogP contribution is 2.33. The van der Waals surface area contributed by atoms with Gasteiger partial charge < -0.3 is 16.2 Å². The lowest BCUT2D eigenvalue weighted by molar-refractivity contribution is 0.269. The van der Waals surface area contributed by atoms with Crippen molar-refractivity contribution in [1.29, 1.82) is 0 Å². The Morgan fingerprint density at radius 3 is 2.93 bits per heavy atom. The standard InChI is InChI=1S/C10H13N3O/c11-10(12)13-8-5-6-14-9-4-2-1-3-7(8)9/h1-4,8H,5-6H2,(H4,11,12,13). The second-order valence-corrected chi connectivity index (χ2v) is 3.24. The SMILES string of the molecule is NC(N)=NC1CCOc2ccccc21. The maximum Gasteiger partial charge on any atom is 0.186 e. The maximum atomic E-state index is 5.48. The van der Waals surface area contributed by atoms with Crippen molar-refractivity contribution in [2.45, 2.75) is 12.5 Å². The summed E-state index contributed by atoms with van der Waals surface area (Å²) in [6.45, 7) is 0.665. The number of nitrogens with two attached hydrogens (primary N) is 2. The van der Waals surface area contributed by atoms with Crippen LogP contribution in [0.3, 0.4) is 0 Å². The number of rotatable bonds is 1. The van der Waals surface area contributed by atoms with Crippen molar-refractivity contribution in [3.05, 3.63) is 29.8 Å². The predicted octanol–water partition coefficient (Wildman–Crippen LogP) is 0.784. The molecule has 1 aromatic carbocycles. The quantitative estimate of drug-likeness (QED) is 0.509. The van der Waals surface area contributed by atoms with E-state index in [2.05, 4.69) is 4.99 Å². The molecule has 0 aromatic heterocycles. The summed E-state index contributed by atoms with van der Waals surface area (Å²) in [5.74, 6) is 1.01. The van der Waals surface area contributed by atoms with Gasteiger partial charge in [-0.3, -0.25) is 0 Å². The topological polar surface area (TPSA) is 73.6 Å². The van der Waals surface area contributed by atoms with E-state index >= 15 is 0 Å². The van der Waals surface area contributed by atoms with E-state index in [1.165, 1.54) is 0 Å². The number of aliphatic imine (C=N–C) groups is 1. The summed E-state index contributed by atoms with van der Waals surface area (Å²) in [4.78, 5) is 4.17. The minimum absolute atomic E-state index is 0.0462. The second kappa shape index (κ2) is 3.57. The zero-order valence-corrected chi connectivity index (χ0v) is 7.81. The molecule has 0 saturated heterocycles. The minimum atomic E-state index is 0.0462. The van der Waals surface area contributed by atoms with E-state index < -0.39 is 0 Å². The first-order valence-electron chi connectivity index (χ1n) is 4.58. The molecule has 0 radical (unpaired) electrons. The van der Waals surface area contributed by atoms with Crippen molar-refractivity contribution in [1.82, 2.24) is 0 Å². The molecule has 1 heterocycles. The molecule has 74 valence electrons. The highest BCUT2D eigenvalue weighted by Gasteiger charge is 2.19. The van der Waals surface area contributed by atoms with Crippen LogP contribution in [0, 0.1) is 0 Å². The average Bonchev–Trinajstić information content (AvgIpc) is 2.18. The number of nitrogens with zero attached hydrogens (tertiary/aromatic N) is 1. The lowest BCUT2D eigenvalue weighted by atomic mass is 10.0. The molecule has 4 N–H and O–H groups in total. The van der Waals surface area contributed by atoms with Gasteiger partial charge in [-0.05, 0) is 6.07 Å². The normalized spacial score (nSPS) is 19.3. The van der Waals surface area contributed by atoms with Crippen LogP contribution in [0.25, 0.3) is 0 Å². The third-order valence-electron chi connectivity index (χ3n) is 2.23. The molecule has 4 nitrogen and oxygen atoms in total. The van der Waals surface area contributed by atoms with Crippen molar-refractivity contribution in [3.8, 4) is 5.75 Å². The second-order valence-electron chi connectivity index (χ2n) is 3.24. The third-order valence-corrected chi connectivity index (χ3v) is 2.23. The molecule has 0 aliphatic carbocycles. The molecule has 1 aromatic rings. The highest BCUT2D eigenvalue weighted by molar-refractivity contribution is 5.76. The minimum Gasteiger partial charge on any atom is -0.493 e. The Morgan fingerprint density at radius 2 is 2.14 bits per heavy atom. The molecule has 2 rings (SSSR count). The molecule has 0 saturated carbocycles. The van der Waals surface area contributed by atoms with E-state index in [4.69, 9.17) is 16.2 Å². The Morgan fingerprint density at radius 1 is 1.36 bits per heavy atom. The molecule has 0 amide bonds. The first-order valence-corrected chi connectivity index (χ1v) is 4.58. The molecule has 14 heavy (non-hydrogen) atoms. The van der Waals surface area contributed by atoms with E-state index in [0.29, 0.717) is 6.61 Å². The summed E-state index contributed by atoms with van der Waals surface area (Å²) >= 11 is 0. The van der Waals surface area contributed by atoms with E-state index in [9.17, 15) is 0 Å². The van der Waals surface area contributed by atoms with E-state index in [0.717, 1.165) is 17.7 Å². The molecule has 0 spiro atoms. The molecular weight excluding hydrogens is 178 g/mol. The van der Waals surface area contributed by atoms with Crippen LogP contribution in [0.15, 0.2) is 29.3 Å². The van der Waals surface area contributed by atoms with Gasteiger partial charge in [-0.25, -0.2) is 4.99 Å². The lowest BCUT2D eigenvalue weighted by Gasteiger charge is -2.22. The Kier molecular flexibility index (Phi) is 2.26. The van der Waals surface area contributed by atoms with Gasteiger partial charge in [-0.1, -0.05) is 18.2 Å². The van der Waals surface area contributed by atoms with Gasteiger partial charge in [0.05, 0.1) is 12.6 Å². The van der Waals surface area contributed by atoms with Crippen LogP contribution in [0.1, 0.15) is 18.0 Å². The first-order chi connectivity index (χ1) is 6.77. The number of ether oxygens (including phenoxy) is 1. The van der Waals surface area contributed by atoms with E-state index in [1.807, 2.05) is 24.3 Å². The number of guanidine groups is 1. The summed E-state index contributed by atoms with van der Waals surface area (Å²) in [7, 11) is 0. The molecule has 1 unspecified atom stereocenters. The molecule has 1 atom stereocenters. The van der Waals surface area contributed by atoms with E-state index in [1.54, 1.807) is 0 Å². The van der Waals surface area contributed by atoms with Gasteiger partial charge in [0.1, 0.15) is 5.75 Å². The fourth-order valence-corrected chi connectivity index (χ4v) is 1.64. The van der Waals surface area contributed by atoms with Crippen LogP contribution in [0.4, 0.5) is 0 Å². The Labute approximate surface area is 82.6 Å². The van der Waals surface area contributed by atoms with Crippen LogP contribution in [0.5, 0.6) is 5.75 Å². The van der Waals surface area contributed by atoms with Gasteiger partial charge >= 0.3 is 0 Å². The first kappa shape index (κ1) is 8.87. The number of hydrogen-bond donors (Lipinski definition) is 2. The summed E-state index contributed by atoms with van der Waals surface area (Å²) in [6.07, 6.45) is 0.828. The van der Waals surface area contributed by atoms with Gasteiger partial charge in [0.25, 0.3) is 0 Å². The fraction of sp³-hybridized carbons (Fsp3) is 0.300. The summed E-state index contributed by atoms with van der Waals surface area (Å²) < 4.78 is 5.48. The van der Waals surface area contributed by atoms with Gasteiger partial charge in [-0.2, -0.15) is 0 Å². The Balaban J connectivity index is 2.35. The van der Waals surface area contributed by atoms with Crippen LogP contribution in [-0.4, -0.2) is 12.6 Å². The molecule has 1 aliphatic rings. The van der Waals surface area contributed by atoms with Gasteiger partial charge in [0.15, 0.2) is 5.96 Å². The predicted molar refractivity (Wildman–Crippen MR) is 55.1 cm³/mol. The molecular formula is C10H13N3O. The van der Waals surface area contributed by atoms with Crippen LogP contribution in [0.2, 0.25) is 0 Å². The van der Waals surface area contributed by atoms with Crippen molar-refractivity contribution in [2.75, 3.05) is 6.61 Å².